The summed E-state index contributed by atoms with van der Waals surface area (Å²) in [6.45, 7) is 15.8. The van der Waals surface area contributed by atoms with Crippen molar-refractivity contribution in [3.8, 4) is 0 Å². The number of hydrogen-bond acceptors (Lipinski definition) is 4. The Morgan fingerprint density at radius 3 is 2.35 bits per heavy atom. The van der Waals surface area contributed by atoms with Gasteiger partial charge in [0.25, 0.3) is 0 Å². The van der Waals surface area contributed by atoms with Crippen molar-refractivity contribution in [1.29, 1.82) is 0 Å². The highest BCUT2D eigenvalue weighted by molar-refractivity contribution is 5.79. The summed E-state index contributed by atoms with van der Waals surface area (Å²) < 4.78 is 5.33. The normalized spacial score (nSPS) is 17.0. The van der Waals surface area contributed by atoms with Crippen molar-refractivity contribution in [2.45, 2.75) is 84.5 Å². The first-order valence-electron chi connectivity index (χ1n) is 9.69. The number of carbonyl (C=O) groups is 1. The largest absolute Gasteiger partial charge is 0.444 e. The van der Waals surface area contributed by atoms with Gasteiger partial charge in [-0.25, -0.2) is 4.79 Å². The third-order valence-electron chi connectivity index (χ3n) is 4.20. The Balaban J connectivity index is 2.53. The first-order chi connectivity index (χ1) is 11.9. The van der Waals surface area contributed by atoms with Crippen molar-refractivity contribution in [2.75, 3.05) is 26.7 Å². The highest BCUT2D eigenvalue weighted by Crippen LogP contribution is 2.26. The highest BCUT2D eigenvalue weighted by atomic mass is 16.6. The van der Waals surface area contributed by atoms with E-state index in [1.54, 1.807) is 0 Å². The van der Waals surface area contributed by atoms with Gasteiger partial charge >= 0.3 is 6.09 Å². The third kappa shape index (κ3) is 9.27. The topological polar surface area (TPSA) is 78.0 Å². The molecule has 1 fully saturated rings. The van der Waals surface area contributed by atoms with Crippen molar-refractivity contribution in [1.82, 2.24) is 20.9 Å². The van der Waals surface area contributed by atoms with E-state index in [2.05, 4.69) is 39.8 Å². The summed E-state index contributed by atoms with van der Waals surface area (Å²) in [6, 6.07) is 1.18. The minimum absolute atomic E-state index is 0.421. The number of likely N-dealkylation sites (N-methyl/N-ethyl adjacent to an activating group) is 1. The zero-order valence-electron chi connectivity index (χ0n) is 17.9. The van der Waals surface area contributed by atoms with Crippen LogP contribution in [0.25, 0.3) is 0 Å². The van der Waals surface area contributed by atoms with Crippen molar-refractivity contribution in [2.24, 2.45) is 4.99 Å². The van der Waals surface area contributed by atoms with Crippen LogP contribution in [0.5, 0.6) is 0 Å². The lowest BCUT2D eigenvalue weighted by atomic mass is 10.1. The summed E-state index contributed by atoms with van der Waals surface area (Å²) >= 11 is 0. The van der Waals surface area contributed by atoms with Crippen LogP contribution in [0.4, 0.5) is 4.79 Å². The molecule has 1 rings (SSSR count). The predicted molar refractivity (Wildman–Crippen MR) is 108 cm³/mol. The Labute approximate surface area is 159 Å². The van der Waals surface area contributed by atoms with Gasteiger partial charge in [0.1, 0.15) is 5.60 Å². The van der Waals surface area contributed by atoms with E-state index in [1.165, 1.54) is 12.8 Å². The number of rotatable bonds is 8. The average Bonchev–Trinajstić information content (AvgIpc) is 3.31. The number of ether oxygens (including phenoxy) is 1. The lowest BCUT2D eigenvalue weighted by Crippen LogP contribution is -2.49. The van der Waals surface area contributed by atoms with Crippen LogP contribution in [-0.4, -0.2) is 66.9 Å². The average molecular weight is 370 g/mol. The molecule has 0 aromatic carbocycles. The predicted octanol–water partition coefficient (Wildman–Crippen LogP) is 2.33. The van der Waals surface area contributed by atoms with E-state index < -0.39 is 17.2 Å². The number of nitrogens with one attached hydrogen (secondary N) is 3. The van der Waals surface area contributed by atoms with Gasteiger partial charge in [-0.1, -0.05) is 0 Å². The second kappa shape index (κ2) is 9.44. The first-order valence-corrected chi connectivity index (χ1v) is 9.69. The van der Waals surface area contributed by atoms with Gasteiger partial charge in [0.15, 0.2) is 5.96 Å². The second-order valence-electron chi connectivity index (χ2n) is 8.83. The number of aliphatic imine (C=N–C) groups is 1. The van der Waals surface area contributed by atoms with Gasteiger partial charge < -0.3 is 20.7 Å². The monoisotopic (exact) mass is 369 g/mol. The molecule has 0 aromatic heterocycles. The molecule has 0 aliphatic heterocycles. The van der Waals surface area contributed by atoms with Gasteiger partial charge in [-0.15, -0.1) is 0 Å². The maximum absolute atomic E-state index is 12.0. The van der Waals surface area contributed by atoms with E-state index >= 15 is 0 Å². The summed E-state index contributed by atoms with van der Waals surface area (Å²) in [5, 5.41) is 9.55. The molecule has 3 N–H and O–H groups in total. The SMILES string of the molecule is CCNC(=NCC(C)(C)NC(=O)OC(C)(C)C)NCC(C)N(C)C1CC1. The minimum Gasteiger partial charge on any atom is -0.444 e. The van der Waals surface area contributed by atoms with E-state index in [0.29, 0.717) is 12.6 Å². The molecule has 1 aliphatic carbocycles. The second-order valence-corrected chi connectivity index (χ2v) is 8.83. The molecule has 0 bridgehead atoms. The van der Waals surface area contributed by atoms with Gasteiger partial charge in [0.05, 0.1) is 12.1 Å². The Kier molecular flexibility index (Phi) is 8.18. The molecule has 1 atom stereocenters. The van der Waals surface area contributed by atoms with Crippen LogP contribution < -0.4 is 16.0 Å². The van der Waals surface area contributed by atoms with Crippen LogP contribution in [0.3, 0.4) is 0 Å². The van der Waals surface area contributed by atoms with Gasteiger partial charge in [-0.2, -0.15) is 0 Å². The van der Waals surface area contributed by atoms with Gasteiger partial charge in [0, 0.05) is 25.2 Å². The lowest BCUT2D eigenvalue weighted by Gasteiger charge is -2.28. The molecule has 26 heavy (non-hydrogen) atoms. The quantitative estimate of drug-likeness (QED) is 0.452. The van der Waals surface area contributed by atoms with E-state index in [0.717, 1.165) is 25.1 Å². The summed E-state index contributed by atoms with van der Waals surface area (Å²) in [7, 11) is 2.18. The van der Waals surface area contributed by atoms with E-state index in [4.69, 9.17) is 4.74 Å². The number of amides is 1. The number of carbonyl (C=O) groups excluding carboxylic acids is 1. The fourth-order valence-electron chi connectivity index (χ4n) is 2.47. The Bertz CT molecular complexity index is 481. The van der Waals surface area contributed by atoms with Gasteiger partial charge in [-0.3, -0.25) is 9.89 Å². The molecule has 7 nitrogen and oxygen atoms in total. The van der Waals surface area contributed by atoms with Crippen LogP contribution in [0, 0.1) is 0 Å². The Morgan fingerprint density at radius 1 is 1.23 bits per heavy atom. The molecule has 1 saturated carbocycles. The fourth-order valence-corrected chi connectivity index (χ4v) is 2.47. The summed E-state index contributed by atoms with van der Waals surface area (Å²) in [6.07, 6.45) is 2.19. The first kappa shape index (κ1) is 22.5. The standard InChI is InChI=1S/C19H39N5O2/c1-9-20-16(21-12-14(2)24(8)15-10-11-15)22-13-19(6,7)23-17(25)26-18(3,4)5/h14-15H,9-13H2,1-8H3,(H,23,25)(H2,20,21,22). The van der Waals surface area contributed by atoms with Crippen LogP contribution in [-0.2, 0) is 4.74 Å². The van der Waals surface area contributed by atoms with E-state index in [-0.39, 0.29) is 0 Å². The number of alkyl carbamates (subject to hydrolysis) is 1. The smallest absolute Gasteiger partial charge is 0.408 e. The zero-order chi connectivity index (χ0) is 20.0. The molecular weight excluding hydrogens is 330 g/mol. The number of hydrogen-bond donors (Lipinski definition) is 3. The fraction of sp³-hybridized carbons (Fsp3) is 0.895. The molecule has 152 valence electrons. The summed E-state index contributed by atoms with van der Waals surface area (Å²) in [4.78, 5) is 19.0. The lowest BCUT2D eigenvalue weighted by molar-refractivity contribution is 0.0476. The zero-order valence-corrected chi connectivity index (χ0v) is 17.9. The maximum Gasteiger partial charge on any atom is 0.408 e. The molecule has 0 saturated heterocycles. The van der Waals surface area contributed by atoms with Crippen LogP contribution in [0.2, 0.25) is 0 Å². The maximum atomic E-state index is 12.0. The molecule has 0 spiro atoms. The van der Waals surface area contributed by atoms with Crippen LogP contribution in [0.15, 0.2) is 4.99 Å². The van der Waals surface area contributed by atoms with Crippen LogP contribution in [0.1, 0.15) is 61.3 Å². The van der Waals surface area contributed by atoms with Crippen molar-refractivity contribution in [3.05, 3.63) is 0 Å². The molecule has 1 aliphatic rings. The van der Waals surface area contributed by atoms with E-state index in [9.17, 15) is 4.79 Å². The molecule has 0 aromatic rings. The summed E-state index contributed by atoms with van der Waals surface area (Å²) in [5.41, 5.74) is -1.01. The van der Waals surface area contributed by atoms with Gasteiger partial charge in [-0.05, 0) is 68.4 Å². The Hall–Kier alpha value is -1.50. The number of nitrogens with zero attached hydrogens (tertiary/aromatic N) is 2. The highest BCUT2D eigenvalue weighted by Gasteiger charge is 2.29. The van der Waals surface area contributed by atoms with Crippen molar-refractivity contribution >= 4 is 12.1 Å². The molecule has 0 heterocycles. The van der Waals surface area contributed by atoms with Crippen LogP contribution >= 0.6 is 0 Å². The molecular formula is C19H39N5O2. The van der Waals surface area contributed by atoms with Crippen molar-refractivity contribution < 1.29 is 9.53 Å². The third-order valence-corrected chi connectivity index (χ3v) is 4.20. The van der Waals surface area contributed by atoms with E-state index in [1.807, 2.05) is 41.5 Å². The molecule has 1 unspecified atom stereocenters. The molecule has 0 radical (unpaired) electrons. The number of guanidine groups is 1. The summed E-state index contributed by atoms with van der Waals surface area (Å²) in [5.74, 6) is 0.766. The van der Waals surface area contributed by atoms with Crippen molar-refractivity contribution in [3.63, 3.8) is 0 Å². The minimum atomic E-state index is -0.510. The Morgan fingerprint density at radius 2 is 1.85 bits per heavy atom. The molecule has 1 amide bonds. The van der Waals surface area contributed by atoms with Gasteiger partial charge in [0.2, 0.25) is 0 Å². The molecule has 7 heteroatoms.